The Morgan fingerprint density at radius 3 is 2.43 bits per heavy atom. The van der Waals surface area contributed by atoms with E-state index in [-0.39, 0.29) is 0 Å². The van der Waals surface area contributed by atoms with Gasteiger partial charge in [0.05, 0.1) is 0 Å². The number of aryl methyl sites for hydroxylation is 1. The van der Waals surface area contributed by atoms with E-state index in [1.807, 2.05) is 24.3 Å². The predicted octanol–water partition coefficient (Wildman–Crippen LogP) is 3.92. The van der Waals surface area contributed by atoms with Gasteiger partial charge in [0.15, 0.2) is 0 Å². The van der Waals surface area contributed by atoms with E-state index in [0.717, 1.165) is 12.8 Å². The maximum atomic E-state index is 3.78. The average Bonchev–Trinajstić information content (AvgIpc) is 2.25. The minimum absolute atomic E-state index is 1.03. The predicted molar refractivity (Wildman–Crippen MR) is 63.2 cm³/mol. The van der Waals surface area contributed by atoms with Gasteiger partial charge in [-0.05, 0) is 24.0 Å². The molecule has 0 bridgehead atoms. The molecule has 0 aliphatic carbocycles. The Bertz CT molecular complexity index is 317. The molecule has 0 heteroatoms. The summed E-state index contributed by atoms with van der Waals surface area (Å²) < 4.78 is 0. The van der Waals surface area contributed by atoms with E-state index in [4.69, 9.17) is 0 Å². The summed E-state index contributed by atoms with van der Waals surface area (Å²) in [6.07, 6.45) is 7.80. The average molecular weight is 184 g/mol. The number of rotatable bonds is 5. The zero-order valence-electron chi connectivity index (χ0n) is 8.45. The van der Waals surface area contributed by atoms with Crippen LogP contribution >= 0.6 is 0 Å². The molecule has 0 atom stereocenters. The van der Waals surface area contributed by atoms with E-state index in [2.05, 4.69) is 37.4 Å². The van der Waals surface area contributed by atoms with E-state index in [1.165, 1.54) is 11.1 Å². The molecule has 0 aliphatic heterocycles. The maximum absolute atomic E-state index is 3.78. The molecule has 72 valence electrons. The van der Waals surface area contributed by atoms with Crippen molar-refractivity contribution in [3.8, 4) is 0 Å². The van der Waals surface area contributed by atoms with Crippen molar-refractivity contribution in [2.24, 2.45) is 0 Å². The third-order valence-corrected chi connectivity index (χ3v) is 2.14. The monoisotopic (exact) mass is 184 g/mol. The smallest absolute Gasteiger partial charge is 0.0238 e. The van der Waals surface area contributed by atoms with E-state index in [0.29, 0.717) is 0 Å². The van der Waals surface area contributed by atoms with Crippen LogP contribution in [-0.4, -0.2) is 0 Å². The molecule has 0 N–H and O–H groups in total. The van der Waals surface area contributed by atoms with Crippen LogP contribution in [0.25, 0.3) is 0 Å². The topological polar surface area (TPSA) is 0 Å². The van der Waals surface area contributed by atoms with E-state index < -0.39 is 0 Å². The van der Waals surface area contributed by atoms with Crippen molar-refractivity contribution in [2.45, 2.75) is 12.8 Å². The van der Waals surface area contributed by atoms with Gasteiger partial charge in [-0.25, -0.2) is 0 Å². The minimum Gasteiger partial charge on any atom is -0.0991 e. The van der Waals surface area contributed by atoms with Gasteiger partial charge in [-0.2, -0.15) is 0 Å². The third kappa shape index (κ3) is 3.44. The first-order chi connectivity index (χ1) is 6.86. The zero-order chi connectivity index (χ0) is 10.2. The number of hydrogen-bond acceptors (Lipinski definition) is 0. The lowest BCUT2D eigenvalue weighted by molar-refractivity contribution is 0.966. The summed E-state index contributed by atoms with van der Waals surface area (Å²) in [6.45, 7) is 7.46. The summed E-state index contributed by atoms with van der Waals surface area (Å²) in [5, 5.41) is 0. The molecule has 0 heterocycles. The molecule has 0 fully saturated rings. The molecular weight excluding hydrogens is 168 g/mol. The van der Waals surface area contributed by atoms with Gasteiger partial charge < -0.3 is 0 Å². The van der Waals surface area contributed by atoms with Crippen LogP contribution < -0.4 is 0 Å². The molecule has 0 aliphatic rings. The van der Waals surface area contributed by atoms with Crippen molar-refractivity contribution in [3.63, 3.8) is 0 Å². The normalized spacial score (nSPS) is 11.0. The maximum Gasteiger partial charge on any atom is -0.0238 e. The lowest BCUT2D eigenvalue weighted by Gasteiger charge is -2.01. The van der Waals surface area contributed by atoms with Crippen LogP contribution in [0.2, 0.25) is 0 Å². The molecule has 0 unspecified atom stereocenters. The van der Waals surface area contributed by atoms with Crippen molar-refractivity contribution in [1.29, 1.82) is 0 Å². The highest BCUT2D eigenvalue weighted by atomic mass is 14.0. The van der Waals surface area contributed by atoms with Gasteiger partial charge in [-0.3, -0.25) is 0 Å². The van der Waals surface area contributed by atoms with Crippen LogP contribution in [0.1, 0.15) is 12.0 Å². The van der Waals surface area contributed by atoms with E-state index in [1.54, 1.807) is 0 Å². The largest absolute Gasteiger partial charge is 0.0991 e. The molecule has 1 aromatic rings. The second-order valence-electron chi connectivity index (χ2n) is 3.17. The molecule has 0 aromatic heterocycles. The Kier molecular flexibility index (Phi) is 4.49. The first kappa shape index (κ1) is 10.5. The standard InChI is InChI=1S/C14H16/c1-3-8-13(4-2)11-12-14-9-6-5-7-10-14/h3-10H,1-2,11-12H2. The summed E-state index contributed by atoms with van der Waals surface area (Å²) in [4.78, 5) is 0. The number of benzene rings is 1. The Hall–Kier alpha value is -1.56. The van der Waals surface area contributed by atoms with Crippen molar-refractivity contribution in [1.82, 2.24) is 0 Å². The van der Waals surface area contributed by atoms with Gasteiger partial charge in [-0.1, -0.05) is 61.7 Å². The van der Waals surface area contributed by atoms with Crippen LogP contribution in [0, 0.1) is 0 Å². The van der Waals surface area contributed by atoms with Gasteiger partial charge in [0, 0.05) is 0 Å². The van der Waals surface area contributed by atoms with Crippen molar-refractivity contribution in [3.05, 3.63) is 72.9 Å². The minimum atomic E-state index is 1.03. The second kappa shape index (κ2) is 5.98. The van der Waals surface area contributed by atoms with E-state index in [9.17, 15) is 0 Å². The molecule has 0 amide bonds. The Morgan fingerprint density at radius 2 is 1.86 bits per heavy atom. The summed E-state index contributed by atoms with van der Waals surface area (Å²) in [5.74, 6) is 0. The SMILES string of the molecule is C=CC=C(C=C)CCc1ccccc1. The number of allylic oxidation sites excluding steroid dienone is 4. The molecule has 0 radical (unpaired) electrons. The first-order valence-corrected chi connectivity index (χ1v) is 4.84. The van der Waals surface area contributed by atoms with Crippen LogP contribution in [-0.2, 0) is 6.42 Å². The summed E-state index contributed by atoms with van der Waals surface area (Å²) in [7, 11) is 0. The van der Waals surface area contributed by atoms with Crippen LogP contribution in [0.4, 0.5) is 0 Å². The van der Waals surface area contributed by atoms with Gasteiger partial charge in [0.25, 0.3) is 0 Å². The van der Waals surface area contributed by atoms with Gasteiger partial charge >= 0.3 is 0 Å². The molecule has 0 saturated heterocycles. The summed E-state index contributed by atoms with van der Waals surface area (Å²) in [5.41, 5.74) is 2.60. The highest BCUT2D eigenvalue weighted by Crippen LogP contribution is 2.09. The first-order valence-electron chi connectivity index (χ1n) is 4.84. The lowest BCUT2D eigenvalue weighted by atomic mass is 10.0. The van der Waals surface area contributed by atoms with Gasteiger partial charge in [0.2, 0.25) is 0 Å². The van der Waals surface area contributed by atoms with Crippen LogP contribution in [0.15, 0.2) is 67.3 Å². The Morgan fingerprint density at radius 1 is 1.14 bits per heavy atom. The molecule has 0 saturated carbocycles. The molecule has 0 nitrogen and oxygen atoms in total. The van der Waals surface area contributed by atoms with E-state index >= 15 is 0 Å². The summed E-state index contributed by atoms with van der Waals surface area (Å²) >= 11 is 0. The van der Waals surface area contributed by atoms with Crippen molar-refractivity contribution >= 4 is 0 Å². The fourth-order valence-electron chi connectivity index (χ4n) is 1.34. The molecular formula is C14H16. The molecule has 1 aromatic carbocycles. The van der Waals surface area contributed by atoms with Crippen LogP contribution in [0.3, 0.4) is 0 Å². The number of hydrogen-bond donors (Lipinski definition) is 0. The highest BCUT2D eigenvalue weighted by Gasteiger charge is 1.93. The highest BCUT2D eigenvalue weighted by molar-refractivity contribution is 5.23. The van der Waals surface area contributed by atoms with Gasteiger partial charge in [-0.15, -0.1) is 0 Å². The third-order valence-electron chi connectivity index (χ3n) is 2.14. The van der Waals surface area contributed by atoms with Crippen molar-refractivity contribution in [2.75, 3.05) is 0 Å². The fourth-order valence-corrected chi connectivity index (χ4v) is 1.34. The second-order valence-corrected chi connectivity index (χ2v) is 3.17. The quantitative estimate of drug-likeness (QED) is 0.608. The Labute approximate surface area is 86.3 Å². The summed E-state index contributed by atoms with van der Waals surface area (Å²) in [6, 6.07) is 10.5. The lowest BCUT2D eigenvalue weighted by Crippen LogP contribution is -1.86. The molecule has 14 heavy (non-hydrogen) atoms. The van der Waals surface area contributed by atoms with Crippen molar-refractivity contribution < 1.29 is 0 Å². The van der Waals surface area contributed by atoms with Crippen LogP contribution in [0.5, 0.6) is 0 Å². The molecule has 1 rings (SSSR count). The van der Waals surface area contributed by atoms with Gasteiger partial charge in [0.1, 0.15) is 0 Å². The fraction of sp³-hybridized carbons (Fsp3) is 0.143. The molecule has 0 spiro atoms. The zero-order valence-corrected chi connectivity index (χ0v) is 8.45. The Balaban J connectivity index is 2.52.